The van der Waals surface area contributed by atoms with E-state index in [0.29, 0.717) is 0 Å². The molecule has 15 heavy (non-hydrogen) atoms. The maximum absolute atomic E-state index is 11.4. The predicted octanol–water partition coefficient (Wildman–Crippen LogP) is 0.228. The Kier molecular flexibility index (Phi) is 2.99. The number of hydrogen-bond acceptors (Lipinski definition) is 5. The van der Waals surface area contributed by atoms with Crippen LogP contribution < -0.4 is 11.3 Å². The number of aromatic hydroxyl groups is 1. The lowest BCUT2D eigenvalue weighted by Crippen LogP contribution is -2.17. The Bertz CT molecular complexity index is 410. The molecule has 82 valence electrons. The second-order valence-electron chi connectivity index (χ2n) is 3.27. The lowest BCUT2D eigenvalue weighted by Gasteiger charge is -2.10. The van der Waals surface area contributed by atoms with Crippen LogP contribution in [0.1, 0.15) is 24.2 Å². The minimum Gasteiger partial charge on any atom is -0.494 e. The van der Waals surface area contributed by atoms with E-state index in [0.717, 1.165) is 6.07 Å². The fourth-order valence-corrected chi connectivity index (χ4v) is 1.05. The van der Waals surface area contributed by atoms with E-state index in [1.54, 1.807) is 13.8 Å². The molecule has 0 spiro atoms. The van der Waals surface area contributed by atoms with Gasteiger partial charge in [-0.1, -0.05) is 0 Å². The van der Waals surface area contributed by atoms with Crippen molar-refractivity contribution in [1.82, 2.24) is 4.98 Å². The number of carbonyl (C=O) groups is 1. The molecule has 0 amide bonds. The van der Waals surface area contributed by atoms with Gasteiger partial charge in [-0.15, -0.1) is 0 Å². The number of esters is 1. The highest BCUT2D eigenvalue weighted by molar-refractivity contribution is 5.97. The number of rotatable bonds is 2. The minimum absolute atomic E-state index is 0.109. The molecule has 0 saturated heterocycles. The average Bonchev–Trinajstić information content (AvgIpc) is 1.99. The number of ether oxygens (including phenoxy) is 1. The van der Waals surface area contributed by atoms with Gasteiger partial charge in [-0.25, -0.2) is 4.79 Å². The van der Waals surface area contributed by atoms with Crippen molar-refractivity contribution in [3.63, 3.8) is 0 Å². The summed E-state index contributed by atoms with van der Waals surface area (Å²) in [4.78, 5) is 24.3. The number of H-pyrrole nitrogens is 1. The van der Waals surface area contributed by atoms with Gasteiger partial charge in [0.1, 0.15) is 5.56 Å². The highest BCUT2D eigenvalue weighted by Gasteiger charge is 2.18. The molecule has 4 N–H and O–H groups in total. The van der Waals surface area contributed by atoms with E-state index in [1.807, 2.05) is 0 Å². The van der Waals surface area contributed by atoms with Gasteiger partial charge in [0.25, 0.3) is 5.56 Å². The van der Waals surface area contributed by atoms with Crippen LogP contribution in [-0.4, -0.2) is 22.2 Å². The lowest BCUT2D eigenvalue weighted by atomic mass is 10.2. The molecule has 1 rings (SSSR count). The minimum atomic E-state index is -0.767. The number of aromatic amines is 1. The molecule has 0 radical (unpaired) electrons. The second-order valence-corrected chi connectivity index (χ2v) is 3.27. The largest absolute Gasteiger partial charge is 0.494 e. The first-order valence-electron chi connectivity index (χ1n) is 4.34. The van der Waals surface area contributed by atoms with Crippen LogP contribution >= 0.6 is 0 Å². The first-order valence-corrected chi connectivity index (χ1v) is 4.34. The zero-order valence-corrected chi connectivity index (χ0v) is 8.40. The van der Waals surface area contributed by atoms with Crippen molar-refractivity contribution in [3.05, 3.63) is 22.0 Å². The summed E-state index contributed by atoms with van der Waals surface area (Å²) in [6, 6.07) is 1.01. The van der Waals surface area contributed by atoms with E-state index in [4.69, 9.17) is 10.5 Å². The van der Waals surface area contributed by atoms with E-state index in [1.165, 1.54) is 0 Å². The zero-order valence-electron chi connectivity index (χ0n) is 8.40. The van der Waals surface area contributed by atoms with Crippen LogP contribution in [0.3, 0.4) is 0 Å². The van der Waals surface area contributed by atoms with Crippen molar-refractivity contribution < 1.29 is 14.6 Å². The third-order valence-corrected chi connectivity index (χ3v) is 1.60. The fraction of sp³-hybridized carbons (Fsp3) is 0.333. The molecular weight excluding hydrogens is 200 g/mol. The normalized spacial score (nSPS) is 10.3. The number of anilines is 1. The van der Waals surface area contributed by atoms with Crippen LogP contribution in [0.2, 0.25) is 0 Å². The third kappa shape index (κ3) is 2.49. The molecule has 0 aliphatic rings. The summed E-state index contributed by atoms with van der Waals surface area (Å²) < 4.78 is 4.84. The first kappa shape index (κ1) is 11.1. The highest BCUT2D eigenvalue weighted by atomic mass is 16.5. The Morgan fingerprint density at radius 1 is 1.60 bits per heavy atom. The van der Waals surface area contributed by atoms with Crippen molar-refractivity contribution >= 4 is 11.7 Å². The van der Waals surface area contributed by atoms with E-state index in [2.05, 4.69) is 4.98 Å². The monoisotopic (exact) mass is 212 g/mol. The standard InChI is InChI=1S/C9H12N2O4/c1-4(2)15-9(14)7-5(10)3-6(12)11-8(7)13/h3-4H,1-2H3,(H4,10,11,12,13). The number of aromatic nitrogens is 1. The van der Waals surface area contributed by atoms with Crippen molar-refractivity contribution in [2.75, 3.05) is 5.73 Å². The number of nitrogen functional groups attached to an aromatic ring is 1. The number of nitrogens with one attached hydrogen (secondary N) is 1. The summed E-state index contributed by atoms with van der Waals surface area (Å²) >= 11 is 0. The van der Waals surface area contributed by atoms with E-state index >= 15 is 0 Å². The summed E-state index contributed by atoms with van der Waals surface area (Å²) in [5.41, 5.74) is 4.51. The van der Waals surface area contributed by atoms with Gasteiger partial charge in [0.15, 0.2) is 0 Å². The Morgan fingerprint density at radius 3 is 2.67 bits per heavy atom. The van der Waals surface area contributed by atoms with Crippen molar-refractivity contribution in [1.29, 1.82) is 0 Å². The molecule has 1 aromatic heterocycles. The van der Waals surface area contributed by atoms with Crippen LogP contribution in [0.15, 0.2) is 10.9 Å². The molecule has 0 aromatic carbocycles. The number of hydrogen-bond donors (Lipinski definition) is 3. The molecule has 0 fully saturated rings. The van der Waals surface area contributed by atoms with Crippen molar-refractivity contribution in [2.45, 2.75) is 20.0 Å². The average molecular weight is 212 g/mol. The Hall–Kier alpha value is -1.98. The van der Waals surface area contributed by atoms with E-state index in [-0.39, 0.29) is 17.4 Å². The number of nitrogens with two attached hydrogens (primary N) is 1. The number of pyridine rings is 1. The molecule has 6 heteroatoms. The van der Waals surface area contributed by atoms with Crippen LogP contribution in [0.4, 0.5) is 5.69 Å². The lowest BCUT2D eigenvalue weighted by molar-refractivity contribution is 0.0375. The van der Waals surface area contributed by atoms with E-state index in [9.17, 15) is 14.7 Å². The maximum atomic E-state index is 11.4. The van der Waals surface area contributed by atoms with Crippen LogP contribution in [0, 0.1) is 0 Å². The van der Waals surface area contributed by atoms with Gasteiger partial charge in [0, 0.05) is 6.07 Å². The summed E-state index contributed by atoms with van der Waals surface area (Å²) in [5, 5.41) is 9.32. The van der Waals surface area contributed by atoms with Gasteiger partial charge in [-0.3, -0.25) is 9.78 Å². The van der Waals surface area contributed by atoms with Gasteiger partial charge in [-0.2, -0.15) is 0 Å². The second kappa shape index (κ2) is 4.04. The van der Waals surface area contributed by atoms with E-state index < -0.39 is 17.4 Å². The van der Waals surface area contributed by atoms with Gasteiger partial charge >= 0.3 is 5.97 Å². The van der Waals surface area contributed by atoms with Gasteiger partial charge in [0.05, 0.1) is 11.8 Å². The molecule has 0 unspecified atom stereocenters. The smallest absolute Gasteiger partial charge is 0.345 e. The summed E-state index contributed by atoms with van der Waals surface area (Å²) in [7, 11) is 0. The van der Waals surface area contributed by atoms with Gasteiger partial charge in [-0.05, 0) is 13.8 Å². The molecule has 6 nitrogen and oxygen atoms in total. The summed E-state index contributed by atoms with van der Waals surface area (Å²) in [6.07, 6.45) is -0.330. The quantitative estimate of drug-likeness (QED) is 0.608. The Morgan fingerprint density at radius 2 is 2.20 bits per heavy atom. The fourth-order valence-electron chi connectivity index (χ4n) is 1.05. The molecule has 0 aliphatic heterocycles. The van der Waals surface area contributed by atoms with Gasteiger partial charge in [0.2, 0.25) is 5.88 Å². The van der Waals surface area contributed by atoms with Crippen LogP contribution in [0.5, 0.6) is 5.88 Å². The molecule has 1 aromatic rings. The highest BCUT2D eigenvalue weighted by Crippen LogP contribution is 2.19. The maximum Gasteiger partial charge on any atom is 0.345 e. The third-order valence-electron chi connectivity index (χ3n) is 1.60. The molecule has 0 saturated carbocycles. The molecule has 0 aliphatic carbocycles. The molecule has 0 atom stereocenters. The molecule has 0 bridgehead atoms. The molecular formula is C9H12N2O4. The topological polar surface area (TPSA) is 105 Å². The Labute approximate surface area is 85.7 Å². The van der Waals surface area contributed by atoms with Crippen molar-refractivity contribution in [3.8, 4) is 5.88 Å². The van der Waals surface area contributed by atoms with Crippen LogP contribution in [-0.2, 0) is 4.74 Å². The first-order chi connectivity index (χ1) is 6.91. The summed E-state index contributed by atoms with van der Waals surface area (Å²) in [6.45, 7) is 3.33. The Balaban J connectivity index is 3.14. The van der Waals surface area contributed by atoms with Gasteiger partial charge < -0.3 is 15.6 Å². The summed E-state index contributed by atoms with van der Waals surface area (Å²) in [5.74, 6) is -1.35. The predicted molar refractivity (Wildman–Crippen MR) is 53.7 cm³/mol. The molecule has 1 heterocycles. The zero-order chi connectivity index (χ0) is 11.6. The van der Waals surface area contributed by atoms with Crippen LogP contribution in [0.25, 0.3) is 0 Å². The SMILES string of the molecule is CC(C)OC(=O)c1c(N)cc(=O)[nH]c1O. The number of carbonyl (C=O) groups excluding carboxylic acids is 1. The van der Waals surface area contributed by atoms with Crippen molar-refractivity contribution in [2.24, 2.45) is 0 Å².